The van der Waals surface area contributed by atoms with E-state index in [1.807, 2.05) is 192 Å². The van der Waals surface area contributed by atoms with Gasteiger partial charge in [-0.05, 0) is 224 Å². The minimum atomic E-state index is -0.671. The van der Waals surface area contributed by atoms with Crippen LogP contribution in [-0.2, 0) is 62.0 Å². The first-order valence-corrected chi connectivity index (χ1v) is 31.4. The molecule has 0 spiro atoms. The van der Waals surface area contributed by atoms with Crippen LogP contribution < -0.4 is 93.9 Å². The minimum Gasteiger partial charge on any atom is -0.374 e. The molecule has 0 amide bonds. The second-order valence-electron chi connectivity index (χ2n) is 26.1. The number of methoxy groups -OCH3 is 6. The lowest BCUT2D eigenvalue weighted by Crippen LogP contribution is -2.64. The number of rotatable bonds is 12. The summed E-state index contributed by atoms with van der Waals surface area (Å²) in [5, 5.41) is 10.1. The maximum absolute atomic E-state index is 6.02. The molecule has 0 aromatic heterocycles. The van der Waals surface area contributed by atoms with E-state index in [1.54, 1.807) is 42.7 Å². The van der Waals surface area contributed by atoms with Crippen molar-refractivity contribution >= 4 is 103 Å². The Kier molecular flexibility index (Phi) is 19.5. The van der Waals surface area contributed by atoms with Gasteiger partial charge in [0.15, 0.2) is 0 Å². The molecule has 0 saturated heterocycles. The van der Waals surface area contributed by atoms with Gasteiger partial charge in [-0.25, -0.2) is 0 Å². The van der Waals surface area contributed by atoms with Crippen LogP contribution in [0.3, 0.4) is 0 Å². The molecule has 3 aliphatic rings. The van der Waals surface area contributed by atoms with E-state index in [-0.39, 0.29) is 0 Å². The third-order valence-corrected chi connectivity index (χ3v) is 18.2. The van der Waals surface area contributed by atoms with Crippen molar-refractivity contribution in [3.63, 3.8) is 0 Å². The van der Waals surface area contributed by atoms with Crippen LogP contribution in [0.1, 0.15) is 116 Å². The average molecular weight is 1250 g/mol. The van der Waals surface area contributed by atoms with Gasteiger partial charge in [-0.1, -0.05) is 140 Å². The Morgan fingerprint density at radius 1 is 0.177 bits per heavy atom. The Balaban J connectivity index is 1.80. The Morgan fingerprint density at radius 2 is 0.312 bits per heavy atom. The molecule has 6 heteroatoms. The van der Waals surface area contributed by atoms with Gasteiger partial charge in [-0.3, -0.25) is 0 Å². The SMILES string of the molecule is COC(C)(C)c1ccc2c(c1)=C=C=C=C=c1cc(C(C)(C)OC)ccc1=C=C=c1c(c3c(c4c1=C=C=c1ccc(C(C)(C)OC)cc1=C=C=C=C=c1cc(C(C)(C)OC)ccc1=C=C=4)=C=C=c1ccc(C(C)(C)OC)cc1=C=C=C=C=c1cc(C(C)(C)OC)ccc1=C=C=3)=C=C=2. The van der Waals surface area contributed by atoms with Crippen molar-refractivity contribution in [1.29, 1.82) is 0 Å². The first kappa shape index (κ1) is 67.9. The molecular weight excluding hydrogens is 1180 g/mol. The lowest BCUT2D eigenvalue weighted by molar-refractivity contribution is 0.0189. The summed E-state index contributed by atoms with van der Waals surface area (Å²) >= 11 is 0. The molecule has 0 N–H and O–H groups in total. The summed E-state index contributed by atoms with van der Waals surface area (Å²) in [5.74, 6) is 0. The van der Waals surface area contributed by atoms with Gasteiger partial charge in [0.25, 0.3) is 0 Å². The Bertz CT molecular complexity index is 5520. The van der Waals surface area contributed by atoms with Crippen molar-refractivity contribution in [1.82, 2.24) is 0 Å². The zero-order valence-electron chi connectivity index (χ0n) is 57.8. The molecule has 7 aromatic carbocycles. The topological polar surface area (TPSA) is 55.4 Å². The van der Waals surface area contributed by atoms with Crippen LogP contribution >= 0.6 is 0 Å². The molecule has 0 bridgehead atoms. The summed E-state index contributed by atoms with van der Waals surface area (Å²) in [5.41, 5.74) is 84.2. The average Bonchev–Trinajstić information content (AvgIpc) is 0.755. The van der Waals surface area contributed by atoms with Crippen LogP contribution in [0, 0.1) is 0 Å². The van der Waals surface area contributed by atoms with Gasteiger partial charge in [0, 0.05) is 105 Å². The van der Waals surface area contributed by atoms with E-state index in [9.17, 15) is 0 Å². The van der Waals surface area contributed by atoms with Gasteiger partial charge >= 0.3 is 0 Å². The van der Waals surface area contributed by atoms with Crippen LogP contribution in [0.2, 0.25) is 0 Å². The maximum atomic E-state index is 6.02. The Morgan fingerprint density at radius 3 is 0.438 bits per heavy atom. The van der Waals surface area contributed by atoms with E-state index >= 15 is 0 Å². The summed E-state index contributed by atoms with van der Waals surface area (Å²) in [6.45, 7) is 24.1. The molecule has 7 aromatic rings. The molecule has 3 aliphatic carbocycles. The third-order valence-electron chi connectivity index (χ3n) is 18.2. The van der Waals surface area contributed by atoms with Crippen LogP contribution in [0.4, 0.5) is 0 Å². The van der Waals surface area contributed by atoms with E-state index in [4.69, 9.17) is 28.4 Å². The van der Waals surface area contributed by atoms with Crippen molar-refractivity contribution in [2.24, 2.45) is 0 Å². The predicted octanol–water partition coefficient (Wildman–Crippen LogP) is 2.98. The zero-order valence-corrected chi connectivity index (χ0v) is 57.8. The molecule has 0 unspecified atom stereocenters. The van der Waals surface area contributed by atoms with Crippen LogP contribution in [0.5, 0.6) is 0 Å². The van der Waals surface area contributed by atoms with E-state index < -0.39 is 33.6 Å². The molecule has 96 heavy (non-hydrogen) atoms. The van der Waals surface area contributed by atoms with Gasteiger partial charge in [-0.15, -0.1) is 0 Å². The van der Waals surface area contributed by atoms with Crippen molar-refractivity contribution in [3.05, 3.63) is 271 Å². The first-order valence-electron chi connectivity index (χ1n) is 31.4. The number of hydrogen-bond donors (Lipinski definition) is 0. The summed E-state index contributed by atoms with van der Waals surface area (Å²) in [6, 6.07) is 35.8. The van der Waals surface area contributed by atoms with Crippen LogP contribution in [0.15, 0.2) is 144 Å². The quantitative estimate of drug-likeness (QED) is 0.176. The predicted molar refractivity (Wildman–Crippen MR) is 381 cm³/mol. The summed E-state index contributed by atoms with van der Waals surface area (Å²) < 4.78 is 36.1. The van der Waals surface area contributed by atoms with Gasteiger partial charge < -0.3 is 28.4 Å². The largest absolute Gasteiger partial charge is 0.374 e. The Hall–Kier alpha value is -11.0. The van der Waals surface area contributed by atoms with Gasteiger partial charge in [-0.2, -0.15) is 0 Å². The van der Waals surface area contributed by atoms with Crippen molar-refractivity contribution < 1.29 is 28.4 Å². The molecular formula is C90H72O6. The van der Waals surface area contributed by atoms with E-state index in [0.29, 0.717) is 93.9 Å². The third kappa shape index (κ3) is 14.5. The van der Waals surface area contributed by atoms with Gasteiger partial charge in [0.2, 0.25) is 0 Å². The number of hydrogen-bond acceptors (Lipinski definition) is 6. The molecule has 468 valence electrons. The standard InChI is InChI=1S/C90H72O6/c1-85(2,91-13)73-43-31-61-37-49-79-80(50-38-62-32-44-74(86(3,4)92-14)56-68(62)26-20-19-25-67(61)55-73)82-52-40-64-34-46-76(88(7,8)94-16)59-71(64)29-23-24-30-72-60-78(90(11,12)96-18)48-36-66(72)42-54-84(82)83-53-41-65-35-47-77(89(9,10)95-17)58-70(65)28-22-21-27-69-57-75(87(5,6)93-15)45-33-63(69)39-51-81(79)83/h31-36,43-48,55-60H,1-18H3. The van der Waals surface area contributed by atoms with Crippen LogP contribution in [0.25, 0.3) is 103 Å². The van der Waals surface area contributed by atoms with E-state index in [2.05, 4.69) is 138 Å². The summed E-state index contributed by atoms with van der Waals surface area (Å²) in [7, 11) is 10.1. The van der Waals surface area contributed by atoms with Crippen molar-refractivity contribution in [3.8, 4) is 0 Å². The van der Waals surface area contributed by atoms with Crippen molar-refractivity contribution in [2.45, 2.75) is 117 Å². The summed E-state index contributed by atoms with van der Waals surface area (Å²) in [4.78, 5) is 0. The molecule has 0 aliphatic heterocycles. The maximum Gasteiger partial charge on any atom is 0.0871 e. The molecule has 0 saturated carbocycles. The van der Waals surface area contributed by atoms with Crippen LogP contribution in [-0.4, -0.2) is 42.7 Å². The molecule has 10 rings (SSSR count). The highest BCUT2D eigenvalue weighted by molar-refractivity contribution is 5.57. The molecule has 0 atom stereocenters. The minimum absolute atomic E-state index is 0.432. The molecule has 0 fully saturated rings. The molecule has 6 nitrogen and oxygen atoms in total. The monoisotopic (exact) mass is 1250 g/mol. The summed E-state index contributed by atoms with van der Waals surface area (Å²) in [6.07, 6.45) is 0. The number of benzene rings is 7. The number of ether oxygens (including phenoxy) is 6. The van der Waals surface area contributed by atoms with E-state index in [1.165, 1.54) is 0 Å². The van der Waals surface area contributed by atoms with Gasteiger partial charge in [0.05, 0.1) is 64.9 Å². The lowest BCUT2D eigenvalue weighted by atomic mass is 9.96. The second kappa shape index (κ2) is 27.5. The fraction of sp³-hybridized carbons (Fsp3) is 0.267. The lowest BCUT2D eigenvalue weighted by Gasteiger charge is -2.23. The fourth-order valence-corrected chi connectivity index (χ4v) is 10.4. The second-order valence-corrected chi connectivity index (χ2v) is 26.1. The highest BCUT2D eigenvalue weighted by Gasteiger charge is 2.24. The zero-order chi connectivity index (χ0) is 68.8. The smallest absolute Gasteiger partial charge is 0.0871 e. The van der Waals surface area contributed by atoms with Crippen molar-refractivity contribution in [2.75, 3.05) is 42.7 Å². The highest BCUT2D eigenvalue weighted by atomic mass is 16.5. The number of fused-ring (bicyclic) bond motifs is 12. The highest BCUT2D eigenvalue weighted by Crippen LogP contribution is 2.25. The first-order chi connectivity index (χ1) is 45.7. The normalized spacial score (nSPS) is 12.3. The van der Waals surface area contributed by atoms with Gasteiger partial charge in [0.1, 0.15) is 0 Å². The molecule has 0 radical (unpaired) electrons. The Labute approximate surface area is 558 Å². The fourth-order valence-electron chi connectivity index (χ4n) is 10.4. The van der Waals surface area contributed by atoms with E-state index in [0.717, 1.165) is 33.4 Å². The molecule has 0 heterocycles.